The average molecular weight is 337 g/mol. The normalized spacial score (nSPS) is 18.0. The van der Waals surface area contributed by atoms with Crippen molar-refractivity contribution in [3.05, 3.63) is 47.2 Å². The summed E-state index contributed by atoms with van der Waals surface area (Å²) in [6.07, 6.45) is 2.01. The number of nitrogens with one attached hydrogen (secondary N) is 1. The number of aromatic nitrogens is 4. The molecule has 0 unspecified atom stereocenters. The Kier molecular flexibility index (Phi) is 3.82. The highest BCUT2D eigenvalue weighted by molar-refractivity contribution is 5.98. The fraction of sp³-hybridized carbons (Fsp3) is 0.421. The van der Waals surface area contributed by atoms with Gasteiger partial charge in [0.05, 0.1) is 6.04 Å². The summed E-state index contributed by atoms with van der Waals surface area (Å²) in [5, 5.41) is 5.58. The van der Waals surface area contributed by atoms with Crippen LogP contribution >= 0.6 is 0 Å². The molecule has 0 radical (unpaired) electrons. The number of carbonyl (C=O) groups excluding carboxylic acids is 1. The van der Waals surface area contributed by atoms with E-state index < -0.39 is 0 Å². The van der Waals surface area contributed by atoms with Gasteiger partial charge in [0.15, 0.2) is 0 Å². The topological polar surface area (TPSA) is 66.8 Å². The molecule has 130 valence electrons. The molecular weight excluding hydrogens is 314 g/mol. The molecule has 1 fully saturated rings. The van der Waals surface area contributed by atoms with Gasteiger partial charge in [-0.05, 0) is 51.3 Å². The van der Waals surface area contributed by atoms with Gasteiger partial charge in [-0.1, -0.05) is 12.1 Å². The van der Waals surface area contributed by atoms with Crippen molar-refractivity contribution in [2.75, 3.05) is 13.1 Å². The predicted octanol–water partition coefficient (Wildman–Crippen LogP) is 3.16. The van der Waals surface area contributed by atoms with E-state index in [1.54, 1.807) is 0 Å². The molecule has 0 saturated carbocycles. The standard InChI is InChI=1S/C19H23N5O/c1-12-6-7-15-10-18(21-17(15)9-12)19(25)23-8-4-5-16(11-23)24-14(3)20-13(2)22-24/h6-7,9-10,16,21H,4-5,8,11H2,1-3H3/t16-/m1/s1. The molecule has 0 bridgehead atoms. The molecule has 25 heavy (non-hydrogen) atoms. The van der Waals surface area contributed by atoms with Crippen molar-refractivity contribution in [1.82, 2.24) is 24.6 Å². The van der Waals surface area contributed by atoms with Crippen LogP contribution < -0.4 is 0 Å². The lowest BCUT2D eigenvalue weighted by Crippen LogP contribution is -2.41. The van der Waals surface area contributed by atoms with E-state index in [4.69, 9.17) is 0 Å². The zero-order valence-corrected chi connectivity index (χ0v) is 14.9. The summed E-state index contributed by atoms with van der Waals surface area (Å²) in [6.45, 7) is 7.40. The van der Waals surface area contributed by atoms with Crippen molar-refractivity contribution < 1.29 is 4.79 Å². The number of likely N-dealkylation sites (tertiary alicyclic amines) is 1. The first-order valence-corrected chi connectivity index (χ1v) is 8.79. The quantitative estimate of drug-likeness (QED) is 0.781. The summed E-state index contributed by atoms with van der Waals surface area (Å²) in [5.41, 5.74) is 2.86. The Morgan fingerprint density at radius 1 is 1.24 bits per heavy atom. The zero-order chi connectivity index (χ0) is 17.6. The van der Waals surface area contributed by atoms with Crippen LogP contribution in [0.5, 0.6) is 0 Å². The Balaban J connectivity index is 1.57. The summed E-state index contributed by atoms with van der Waals surface area (Å²) in [7, 11) is 0. The van der Waals surface area contributed by atoms with Gasteiger partial charge in [-0.15, -0.1) is 0 Å². The second-order valence-electron chi connectivity index (χ2n) is 6.97. The Labute approximate surface area is 146 Å². The molecule has 3 heterocycles. The molecule has 0 aliphatic carbocycles. The second-order valence-corrected chi connectivity index (χ2v) is 6.97. The molecule has 1 amide bonds. The summed E-state index contributed by atoms with van der Waals surface area (Å²) in [5.74, 6) is 1.76. The Morgan fingerprint density at radius 2 is 2.08 bits per heavy atom. The van der Waals surface area contributed by atoms with Gasteiger partial charge in [-0.25, -0.2) is 9.67 Å². The number of aryl methyl sites for hydroxylation is 3. The Bertz CT molecular complexity index is 939. The van der Waals surface area contributed by atoms with Crippen molar-refractivity contribution in [2.45, 2.75) is 39.7 Å². The van der Waals surface area contributed by atoms with E-state index in [0.29, 0.717) is 12.2 Å². The third-order valence-electron chi connectivity index (χ3n) is 4.95. The van der Waals surface area contributed by atoms with Crippen LogP contribution in [-0.4, -0.2) is 43.6 Å². The highest BCUT2D eigenvalue weighted by atomic mass is 16.2. The van der Waals surface area contributed by atoms with Gasteiger partial charge in [0, 0.05) is 24.0 Å². The summed E-state index contributed by atoms with van der Waals surface area (Å²) < 4.78 is 1.98. The predicted molar refractivity (Wildman–Crippen MR) is 96.7 cm³/mol. The van der Waals surface area contributed by atoms with E-state index in [0.717, 1.165) is 41.9 Å². The molecule has 6 heteroatoms. The smallest absolute Gasteiger partial charge is 0.270 e. The number of carbonyl (C=O) groups is 1. The number of piperidine rings is 1. The van der Waals surface area contributed by atoms with Crippen LogP contribution in [0.1, 0.15) is 46.6 Å². The first-order valence-electron chi connectivity index (χ1n) is 8.79. The molecule has 6 nitrogen and oxygen atoms in total. The molecule has 1 aliphatic heterocycles. The van der Waals surface area contributed by atoms with Gasteiger partial charge in [-0.3, -0.25) is 4.79 Å². The number of benzene rings is 1. The van der Waals surface area contributed by atoms with E-state index >= 15 is 0 Å². The minimum absolute atomic E-state index is 0.0630. The third-order valence-corrected chi connectivity index (χ3v) is 4.95. The monoisotopic (exact) mass is 337 g/mol. The van der Waals surface area contributed by atoms with Gasteiger partial charge in [0.25, 0.3) is 5.91 Å². The molecule has 1 aromatic carbocycles. The summed E-state index contributed by atoms with van der Waals surface area (Å²) >= 11 is 0. The van der Waals surface area contributed by atoms with E-state index in [1.165, 1.54) is 5.56 Å². The molecule has 4 rings (SSSR count). The molecule has 0 spiro atoms. The van der Waals surface area contributed by atoms with Crippen molar-refractivity contribution in [3.63, 3.8) is 0 Å². The van der Waals surface area contributed by atoms with Crippen LogP contribution in [-0.2, 0) is 0 Å². The van der Waals surface area contributed by atoms with Crippen LogP contribution in [0.4, 0.5) is 0 Å². The number of hydrogen-bond acceptors (Lipinski definition) is 3. The van der Waals surface area contributed by atoms with Gasteiger partial charge >= 0.3 is 0 Å². The van der Waals surface area contributed by atoms with Crippen LogP contribution in [0.25, 0.3) is 10.9 Å². The van der Waals surface area contributed by atoms with Gasteiger partial charge in [-0.2, -0.15) is 5.10 Å². The summed E-state index contributed by atoms with van der Waals surface area (Å²) in [6, 6.07) is 8.35. The number of hydrogen-bond donors (Lipinski definition) is 1. The van der Waals surface area contributed by atoms with Gasteiger partial charge in [0.1, 0.15) is 17.3 Å². The minimum Gasteiger partial charge on any atom is -0.351 e. The lowest BCUT2D eigenvalue weighted by molar-refractivity contribution is 0.0666. The van der Waals surface area contributed by atoms with E-state index in [2.05, 4.69) is 40.2 Å². The number of nitrogens with zero attached hydrogens (tertiary/aromatic N) is 4. The highest BCUT2D eigenvalue weighted by Gasteiger charge is 2.27. The fourth-order valence-corrected chi connectivity index (χ4v) is 3.75. The lowest BCUT2D eigenvalue weighted by atomic mass is 10.1. The first-order chi connectivity index (χ1) is 12.0. The van der Waals surface area contributed by atoms with Crippen LogP contribution in [0.2, 0.25) is 0 Å². The van der Waals surface area contributed by atoms with Gasteiger partial charge in [0.2, 0.25) is 0 Å². The van der Waals surface area contributed by atoms with Crippen molar-refractivity contribution >= 4 is 16.8 Å². The molecule has 1 N–H and O–H groups in total. The fourth-order valence-electron chi connectivity index (χ4n) is 3.75. The molecule has 3 aromatic rings. The minimum atomic E-state index is 0.0630. The average Bonchev–Trinajstić information content (AvgIpc) is 3.16. The SMILES string of the molecule is Cc1ccc2cc(C(=O)N3CCC[C@@H](n4nc(C)nc4C)C3)[nH]c2c1. The van der Waals surface area contributed by atoms with E-state index in [1.807, 2.05) is 29.5 Å². The highest BCUT2D eigenvalue weighted by Crippen LogP contribution is 2.24. The molecule has 1 saturated heterocycles. The van der Waals surface area contributed by atoms with Crippen molar-refractivity contribution in [1.29, 1.82) is 0 Å². The Morgan fingerprint density at radius 3 is 2.84 bits per heavy atom. The lowest BCUT2D eigenvalue weighted by Gasteiger charge is -2.32. The van der Waals surface area contributed by atoms with Crippen molar-refractivity contribution in [2.24, 2.45) is 0 Å². The zero-order valence-electron chi connectivity index (χ0n) is 14.9. The maximum absolute atomic E-state index is 13.0. The number of aromatic amines is 1. The number of fused-ring (bicyclic) bond motifs is 1. The largest absolute Gasteiger partial charge is 0.351 e. The second kappa shape index (κ2) is 6.02. The first kappa shape index (κ1) is 15.9. The number of amides is 1. The van der Waals surface area contributed by atoms with E-state index in [-0.39, 0.29) is 11.9 Å². The summed E-state index contributed by atoms with van der Waals surface area (Å²) in [4.78, 5) is 22.6. The maximum Gasteiger partial charge on any atom is 0.270 e. The van der Waals surface area contributed by atoms with Crippen LogP contribution in [0.15, 0.2) is 24.3 Å². The van der Waals surface area contributed by atoms with Crippen molar-refractivity contribution in [3.8, 4) is 0 Å². The number of H-pyrrole nitrogens is 1. The molecular formula is C19H23N5O. The molecule has 1 atom stereocenters. The molecule has 2 aromatic heterocycles. The van der Waals surface area contributed by atoms with Gasteiger partial charge < -0.3 is 9.88 Å². The van der Waals surface area contributed by atoms with Crippen LogP contribution in [0.3, 0.4) is 0 Å². The van der Waals surface area contributed by atoms with Crippen LogP contribution in [0, 0.1) is 20.8 Å². The van der Waals surface area contributed by atoms with E-state index in [9.17, 15) is 4.79 Å². The number of rotatable bonds is 2. The Hall–Kier alpha value is -2.63. The third kappa shape index (κ3) is 2.92. The molecule has 1 aliphatic rings. The maximum atomic E-state index is 13.0.